The summed E-state index contributed by atoms with van der Waals surface area (Å²) in [6.07, 6.45) is 4.36. The predicted molar refractivity (Wildman–Crippen MR) is 117 cm³/mol. The number of carbonyl (C=O) groups excluding carboxylic acids is 2. The molecule has 1 unspecified atom stereocenters. The maximum Gasteiger partial charge on any atom is 0.229 e. The molecule has 1 N–H and O–H groups in total. The van der Waals surface area contributed by atoms with Crippen molar-refractivity contribution in [3.05, 3.63) is 47.1 Å². The zero-order valence-electron chi connectivity index (χ0n) is 16.9. The molecule has 1 atom stereocenters. The molecule has 30 heavy (non-hydrogen) atoms. The summed E-state index contributed by atoms with van der Waals surface area (Å²) in [6, 6.07) is 11.1. The summed E-state index contributed by atoms with van der Waals surface area (Å²) in [6.45, 7) is 3.18. The molecule has 158 valence electrons. The number of piperidine rings is 1. The summed E-state index contributed by atoms with van der Waals surface area (Å²) >= 11 is 5.81. The van der Waals surface area contributed by atoms with Gasteiger partial charge in [0, 0.05) is 31.9 Å². The van der Waals surface area contributed by atoms with Crippen LogP contribution >= 0.6 is 11.6 Å². The summed E-state index contributed by atoms with van der Waals surface area (Å²) in [5, 5.41) is 11.4. The minimum absolute atomic E-state index is 0.00233. The van der Waals surface area contributed by atoms with Crippen molar-refractivity contribution in [2.75, 3.05) is 36.4 Å². The number of likely N-dealkylation sites (tertiary alicyclic amines) is 1. The van der Waals surface area contributed by atoms with E-state index in [-0.39, 0.29) is 17.7 Å². The molecule has 7 nitrogen and oxygen atoms in total. The quantitative estimate of drug-likeness (QED) is 0.793. The molecule has 2 saturated heterocycles. The smallest absolute Gasteiger partial charge is 0.229 e. The number of hydrogen-bond acceptors (Lipinski definition) is 5. The number of rotatable bonds is 5. The van der Waals surface area contributed by atoms with Crippen molar-refractivity contribution in [1.82, 2.24) is 15.1 Å². The number of halogens is 1. The van der Waals surface area contributed by atoms with Gasteiger partial charge in [-0.2, -0.15) is 0 Å². The summed E-state index contributed by atoms with van der Waals surface area (Å²) in [5.41, 5.74) is 1.72. The highest BCUT2D eigenvalue weighted by molar-refractivity contribution is 6.29. The van der Waals surface area contributed by atoms with Gasteiger partial charge in [-0.3, -0.25) is 9.59 Å². The van der Waals surface area contributed by atoms with Gasteiger partial charge in [0.2, 0.25) is 11.8 Å². The lowest BCUT2D eigenvalue weighted by molar-refractivity contribution is -0.129. The van der Waals surface area contributed by atoms with Crippen LogP contribution in [0.15, 0.2) is 36.4 Å². The number of amides is 2. The Morgan fingerprint density at radius 1 is 1.00 bits per heavy atom. The van der Waals surface area contributed by atoms with Gasteiger partial charge in [0.1, 0.15) is 0 Å². The molecule has 2 aromatic rings. The van der Waals surface area contributed by atoms with E-state index in [1.807, 2.05) is 35.2 Å². The van der Waals surface area contributed by atoms with Gasteiger partial charge in [-0.15, -0.1) is 10.2 Å². The van der Waals surface area contributed by atoms with Gasteiger partial charge in [0.05, 0.1) is 12.3 Å². The molecule has 0 bridgehead atoms. The van der Waals surface area contributed by atoms with Crippen molar-refractivity contribution in [2.24, 2.45) is 5.92 Å². The highest BCUT2D eigenvalue weighted by atomic mass is 35.5. The Hall–Kier alpha value is -2.67. The van der Waals surface area contributed by atoms with Gasteiger partial charge in [-0.05, 0) is 55.5 Å². The molecule has 2 aliphatic rings. The van der Waals surface area contributed by atoms with Crippen molar-refractivity contribution in [1.29, 1.82) is 0 Å². The largest absolute Gasteiger partial charge is 0.354 e. The second-order valence-electron chi connectivity index (χ2n) is 7.95. The van der Waals surface area contributed by atoms with Crippen molar-refractivity contribution in [3.63, 3.8) is 0 Å². The molecule has 2 fully saturated rings. The van der Waals surface area contributed by atoms with Crippen LogP contribution < -0.4 is 10.2 Å². The zero-order chi connectivity index (χ0) is 20.9. The zero-order valence-corrected chi connectivity index (χ0v) is 17.6. The van der Waals surface area contributed by atoms with Gasteiger partial charge in [0.15, 0.2) is 11.0 Å². The van der Waals surface area contributed by atoms with E-state index in [2.05, 4.69) is 20.4 Å². The summed E-state index contributed by atoms with van der Waals surface area (Å²) in [7, 11) is 0. The number of benzene rings is 1. The maximum absolute atomic E-state index is 12.8. The monoisotopic (exact) mass is 427 g/mol. The third-order valence-corrected chi connectivity index (χ3v) is 5.97. The topological polar surface area (TPSA) is 78.4 Å². The molecule has 0 radical (unpaired) electrons. The van der Waals surface area contributed by atoms with Crippen LogP contribution in [0.25, 0.3) is 0 Å². The molecule has 2 aliphatic heterocycles. The third-order valence-electron chi connectivity index (χ3n) is 5.77. The molecule has 1 aromatic heterocycles. The summed E-state index contributed by atoms with van der Waals surface area (Å²) in [5.74, 6) is 0.802. The molecule has 2 amide bonds. The van der Waals surface area contributed by atoms with Crippen LogP contribution in [0.4, 0.5) is 11.5 Å². The van der Waals surface area contributed by atoms with Gasteiger partial charge in [0.25, 0.3) is 0 Å². The first-order valence-corrected chi connectivity index (χ1v) is 10.9. The number of nitrogens with one attached hydrogen (secondary N) is 1. The summed E-state index contributed by atoms with van der Waals surface area (Å²) < 4.78 is 0. The van der Waals surface area contributed by atoms with Crippen molar-refractivity contribution >= 4 is 34.9 Å². The molecule has 8 heteroatoms. The Labute approximate surface area is 181 Å². The fourth-order valence-electron chi connectivity index (χ4n) is 4.08. The molecular formula is C22H26ClN5O2. The van der Waals surface area contributed by atoms with Gasteiger partial charge in [-0.1, -0.05) is 23.7 Å². The van der Waals surface area contributed by atoms with Crippen LogP contribution in [0.5, 0.6) is 0 Å². The Morgan fingerprint density at radius 3 is 2.47 bits per heavy atom. The lowest BCUT2D eigenvalue weighted by Crippen LogP contribution is -2.41. The highest BCUT2D eigenvalue weighted by Gasteiger charge is 2.27. The second-order valence-corrected chi connectivity index (χ2v) is 8.34. The molecule has 1 aromatic carbocycles. The Morgan fingerprint density at radius 2 is 1.77 bits per heavy atom. The minimum Gasteiger partial charge on any atom is -0.354 e. The molecule has 0 aliphatic carbocycles. The van der Waals surface area contributed by atoms with Crippen LogP contribution in [0.3, 0.4) is 0 Å². The number of carbonyl (C=O) groups is 2. The Bertz CT molecular complexity index is 881. The molecule has 3 heterocycles. The molecule has 4 rings (SSSR count). The number of anilines is 2. The van der Waals surface area contributed by atoms with E-state index < -0.39 is 0 Å². The normalized spacial score (nSPS) is 19.0. The summed E-state index contributed by atoms with van der Waals surface area (Å²) in [4.78, 5) is 29.1. The van der Waals surface area contributed by atoms with Crippen LogP contribution in [0.1, 0.15) is 31.2 Å². The standard InChI is InChI=1S/C22H26ClN5O2/c23-19-9-10-20(26-25-19)28-13-3-4-17(15-28)22(30)24-18-7-5-16(6-8-18)14-21(29)27-11-1-2-12-27/h5-10,17H,1-4,11-15H2,(H,24,30). The van der Waals surface area contributed by atoms with E-state index in [9.17, 15) is 9.59 Å². The maximum atomic E-state index is 12.8. The van der Waals surface area contributed by atoms with E-state index in [0.29, 0.717) is 18.1 Å². The highest BCUT2D eigenvalue weighted by Crippen LogP contribution is 2.23. The van der Waals surface area contributed by atoms with E-state index in [4.69, 9.17) is 11.6 Å². The first kappa shape index (κ1) is 20.6. The Balaban J connectivity index is 1.31. The van der Waals surface area contributed by atoms with E-state index in [0.717, 1.165) is 62.4 Å². The van der Waals surface area contributed by atoms with Crippen LogP contribution in [0, 0.1) is 5.92 Å². The van der Waals surface area contributed by atoms with Gasteiger partial charge < -0.3 is 15.1 Å². The average Bonchev–Trinajstić information content (AvgIpc) is 3.31. The number of aromatic nitrogens is 2. The van der Waals surface area contributed by atoms with Crippen molar-refractivity contribution in [3.8, 4) is 0 Å². The van der Waals surface area contributed by atoms with E-state index >= 15 is 0 Å². The fraction of sp³-hybridized carbons (Fsp3) is 0.455. The van der Waals surface area contributed by atoms with Crippen LogP contribution in [0.2, 0.25) is 5.15 Å². The third kappa shape index (κ3) is 5.08. The molecule has 0 spiro atoms. The first-order chi connectivity index (χ1) is 14.6. The predicted octanol–water partition coefficient (Wildman–Crippen LogP) is 3.15. The lowest BCUT2D eigenvalue weighted by Gasteiger charge is -2.32. The first-order valence-electron chi connectivity index (χ1n) is 10.5. The lowest BCUT2D eigenvalue weighted by atomic mass is 9.97. The van der Waals surface area contributed by atoms with Crippen molar-refractivity contribution < 1.29 is 9.59 Å². The van der Waals surface area contributed by atoms with E-state index in [1.54, 1.807) is 6.07 Å². The molecule has 0 saturated carbocycles. The molecular weight excluding hydrogens is 402 g/mol. The van der Waals surface area contributed by atoms with Gasteiger partial charge >= 0.3 is 0 Å². The second kappa shape index (κ2) is 9.43. The van der Waals surface area contributed by atoms with Crippen LogP contribution in [-0.4, -0.2) is 53.1 Å². The average molecular weight is 428 g/mol. The number of hydrogen-bond donors (Lipinski definition) is 1. The number of nitrogens with zero attached hydrogens (tertiary/aromatic N) is 4. The van der Waals surface area contributed by atoms with E-state index in [1.165, 1.54) is 0 Å². The van der Waals surface area contributed by atoms with Crippen molar-refractivity contribution in [2.45, 2.75) is 32.1 Å². The minimum atomic E-state index is -0.118. The van der Waals surface area contributed by atoms with Crippen LogP contribution in [-0.2, 0) is 16.0 Å². The SMILES string of the molecule is O=C(Nc1ccc(CC(=O)N2CCCC2)cc1)C1CCCN(c2ccc(Cl)nn2)C1. The fourth-order valence-corrected chi connectivity index (χ4v) is 4.18. The van der Waals surface area contributed by atoms with Gasteiger partial charge in [-0.25, -0.2) is 0 Å². The Kier molecular flexibility index (Phi) is 6.47.